The molecular formula is C24H33N3O2S. The molecule has 0 aliphatic carbocycles. The molecule has 0 bridgehead atoms. The lowest BCUT2D eigenvalue weighted by Crippen LogP contribution is -2.52. The maximum absolute atomic E-state index is 9.45. The molecule has 30 heavy (non-hydrogen) atoms. The first kappa shape index (κ1) is 21.7. The van der Waals surface area contributed by atoms with Crippen LogP contribution in [0.5, 0.6) is 0 Å². The number of para-hydroxylation sites is 2. The third kappa shape index (κ3) is 5.01. The van der Waals surface area contributed by atoms with Crippen LogP contribution in [0.25, 0.3) is 0 Å². The number of nitrogens with zero attached hydrogens (tertiary/aromatic N) is 3. The summed E-state index contributed by atoms with van der Waals surface area (Å²) in [6.07, 6.45) is -0.755. The van der Waals surface area contributed by atoms with Crippen molar-refractivity contribution < 1.29 is 9.84 Å². The average Bonchev–Trinajstić information content (AvgIpc) is 2.73. The summed E-state index contributed by atoms with van der Waals surface area (Å²) in [6, 6.07) is 17.5. The SMILES string of the molecule is CC(CN1CCN(C(C)OC(C)O)CC1)CN1c2ccccc2Sc2ccccc21. The lowest BCUT2D eigenvalue weighted by Gasteiger charge is -2.40. The van der Waals surface area contributed by atoms with Crippen LogP contribution in [0.2, 0.25) is 0 Å². The summed E-state index contributed by atoms with van der Waals surface area (Å²) in [6.45, 7) is 12.2. The summed E-state index contributed by atoms with van der Waals surface area (Å²) in [4.78, 5) is 10.0. The first-order valence-corrected chi connectivity index (χ1v) is 11.8. The van der Waals surface area contributed by atoms with Gasteiger partial charge in [0.05, 0.1) is 11.4 Å². The summed E-state index contributed by atoms with van der Waals surface area (Å²) in [7, 11) is 0. The van der Waals surface area contributed by atoms with Gasteiger partial charge in [-0.3, -0.25) is 4.90 Å². The number of hydrogen-bond donors (Lipinski definition) is 1. The van der Waals surface area contributed by atoms with Crippen LogP contribution >= 0.6 is 11.8 Å². The Morgan fingerprint density at radius 1 is 0.867 bits per heavy atom. The summed E-state index contributed by atoms with van der Waals surface area (Å²) >= 11 is 1.87. The molecule has 0 radical (unpaired) electrons. The number of aliphatic hydroxyl groups excluding tert-OH is 1. The molecule has 6 heteroatoms. The Morgan fingerprint density at radius 3 is 2.00 bits per heavy atom. The fraction of sp³-hybridized carbons (Fsp3) is 0.500. The summed E-state index contributed by atoms with van der Waals surface area (Å²) in [5.74, 6) is 0.548. The highest BCUT2D eigenvalue weighted by Gasteiger charge is 2.26. The second-order valence-corrected chi connectivity index (χ2v) is 9.51. The monoisotopic (exact) mass is 427 g/mol. The Bertz CT molecular complexity index is 793. The lowest BCUT2D eigenvalue weighted by molar-refractivity contribution is -0.171. The number of rotatable bonds is 7. The molecule has 1 N–H and O–H groups in total. The summed E-state index contributed by atoms with van der Waals surface area (Å²) in [5, 5.41) is 9.45. The molecule has 0 amide bonds. The van der Waals surface area contributed by atoms with Gasteiger partial charge in [0, 0.05) is 49.1 Å². The van der Waals surface area contributed by atoms with E-state index < -0.39 is 6.29 Å². The smallest absolute Gasteiger partial charge is 0.153 e. The molecule has 2 aliphatic rings. The van der Waals surface area contributed by atoms with Crippen molar-refractivity contribution in [1.29, 1.82) is 0 Å². The van der Waals surface area contributed by atoms with Crippen molar-refractivity contribution in [2.75, 3.05) is 44.2 Å². The molecule has 5 nitrogen and oxygen atoms in total. The lowest BCUT2D eigenvalue weighted by atomic mass is 10.1. The number of benzene rings is 2. The number of aliphatic hydroxyl groups is 1. The molecule has 2 aliphatic heterocycles. The van der Waals surface area contributed by atoms with Crippen molar-refractivity contribution in [1.82, 2.24) is 9.80 Å². The first-order valence-electron chi connectivity index (χ1n) is 10.9. The second-order valence-electron chi connectivity index (χ2n) is 8.42. The Kier molecular flexibility index (Phi) is 7.01. The van der Waals surface area contributed by atoms with Gasteiger partial charge in [-0.1, -0.05) is 43.0 Å². The summed E-state index contributed by atoms with van der Waals surface area (Å²) < 4.78 is 5.53. The van der Waals surface area contributed by atoms with Gasteiger partial charge in [-0.15, -0.1) is 0 Å². The van der Waals surface area contributed by atoms with Crippen molar-refractivity contribution in [3.05, 3.63) is 48.5 Å². The quantitative estimate of drug-likeness (QED) is 0.667. The van der Waals surface area contributed by atoms with Gasteiger partial charge in [0.1, 0.15) is 6.23 Å². The molecule has 1 fully saturated rings. The third-order valence-electron chi connectivity index (χ3n) is 5.91. The van der Waals surface area contributed by atoms with Crippen LogP contribution in [0.3, 0.4) is 0 Å². The standard InChI is InChI=1S/C24H33N3O2S/c1-18(16-25-12-14-26(15-13-25)19(2)29-20(3)28)17-27-21-8-4-6-10-23(21)30-24-11-7-5-9-22(24)27/h4-11,18-20,28H,12-17H2,1-3H3. The molecule has 0 spiro atoms. The highest BCUT2D eigenvalue weighted by Crippen LogP contribution is 2.48. The Balaban J connectivity index is 1.37. The fourth-order valence-corrected chi connectivity index (χ4v) is 5.56. The number of piperazine rings is 1. The van der Waals surface area contributed by atoms with E-state index in [9.17, 15) is 5.11 Å². The van der Waals surface area contributed by atoms with Gasteiger partial charge in [0.15, 0.2) is 6.29 Å². The van der Waals surface area contributed by atoms with Gasteiger partial charge < -0.3 is 19.6 Å². The zero-order valence-electron chi connectivity index (χ0n) is 18.2. The van der Waals surface area contributed by atoms with Crippen molar-refractivity contribution in [3.63, 3.8) is 0 Å². The van der Waals surface area contributed by atoms with Crippen LogP contribution in [0.4, 0.5) is 11.4 Å². The van der Waals surface area contributed by atoms with E-state index >= 15 is 0 Å². The van der Waals surface area contributed by atoms with Crippen LogP contribution < -0.4 is 4.90 Å². The third-order valence-corrected chi connectivity index (χ3v) is 7.04. The minimum absolute atomic E-state index is 0.0385. The van der Waals surface area contributed by atoms with Crippen molar-refractivity contribution >= 4 is 23.1 Å². The predicted octanol–water partition coefficient (Wildman–Crippen LogP) is 4.24. The van der Waals surface area contributed by atoms with Crippen molar-refractivity contribution in [3.8, 4) is 0 Å². The Hall–Kier alpha value is -1.57. The van der Waals surface area contributed by atoms with Gasteiger partial charge in [0.2, 0.25) is 0 Å². The summed E-state index contributed by atoms with van der Waals surface area (Å²) in [5.41, 5.74) is 2.64. The maximum Gasteiger partial charge on any atom is 0.153 e. The van der Waals surface area contributed by atoms with Gasteiger partial charge in [0.25, 0.3) is 0 Å². The molecule has 3 atom stereocenters. The molecule has 2 aromatic carbocycles. The van der Waals surface area contributed by atoms with E-state index in [2.05, 4.69) is 70.2 Å². The normalized spacial score (nSPS) is 20.3. The van der Waals surface area contributed by atoms with Crippen LogP contribution in [0.15, 0.2) is 58.3 Å². The van der Waals surface area contributed by atoms with Crippen LogP contribution in [0, 0.1) is 5.92 Å². The van der Waals surface area contributed by atoms with E-state index in [1.165, 1.54) is 21.2 Å². The van der Waals surface area contributed by atoms with E-state index in [1.54, 1.807) is 6.92 Å². The predicted molar refractivity (Wildman–Crippen MR) is 123 cm³/mol. The second kappa shape index (κ2) is 9.71. The zero-order valence-corrected chi connectivity index (χ0v) is 19.0. The average molecular weight is 428 g/mol. The number of fused-ring (bicyclic) bond motifs is 2. The van der Waals surface area contributed by atoms with E-state index in [0.717, 1.165) is 39.3 Å². The van der Waals surface area contributed by atoms with E-state index in [-0.39, 0.29) is 6.23 Å². The molecule has 1 saturated heterocycles. The molecular weight excluding hydrogens is 394 g/mol. The molecule has 4 rings (SSSR count). The van der Waals surface area contributed by atoms with Crippen molar-refractivity contribution in [2.24, 2.45) is 5.92 Å². The molecule has 0 aromatic heterocycles. The fourth-order valence-electron chi connectivity index (χ4n) is 4.47. The minimum Gasteiger partial charge on any atom is -0.368 e. The van der Waals surface area contributed by atoms with Gasteiger partial charge in [-0.2, -0.15) is 0 Å². The van der Waals surface area contributed by atoms with E-state index in [1.807, 2.05) is 18.7 Å². The molecule has 3 unspecified atom stereocenters. The molecule has 0 saturated carbocycles. The molecule has 162 valence electrons. The zero-order chi connectivity index (χ0) is 21.1. The highest BCUT2D eigenvalue weighted by molar-refractivity contribution is 7.99. The number of hydrogen-bond acceptors (Lipinski definition) is 6. The van der Waals surface area contributed by atoms with Gasteiger partial charge in [-0.05, 0) is 44.0 Å². The topological polar surface area (TPSA) is 39.2 Å². The van der Waals surface area contributed by atoms with Gasteiger partial charge >= 0.3 is 0 Å². The maximum atomic E-state index is 9.45. The number of anilines is 2. The first-order chi connectivity index (χ1) is 14.5. The van der Waals surface area contributed by atoms with Crippen LogP contribution in [-0.2, 0) is 4.74 Å². The molecule has 2 aromatic rings. The van der Waals surface area contributed by atoms with Gasteiger partial charge in [-0.25, -0.2) is 0 Å². The Labute approximate surface area is 184 Å². The number of ether oxygens (including phenoxy) is 1. The van der Waals surface area contributed by atoms with Crippen molar-refractivity contribution in [2.45, 2.75) is 43.1 Å². The van der Waals surface area contributed by atoms with Crippen LogP contribution in [-0.4, -0.2) is 66.7 Å². The largest absolute Gasteiger partial charge is 0.368 e. The van der Waals surface area contributed by atoms with E-state index in [4.69, 9.17) is 4.74 Å². The Morgan fingerprint density at radius 2 is 1.43 bits per heavy atom. The van der Waals surface area contributed by atoms with E-state index in [0.29, 0.717) is 5.92 Å². The molecule has 2 heterocycles. The minimum atomic E-state index is -0.716. The van der Waals surface area contributed by atoms with Crippen LogP contribution in [0.1, 0.15) is 20.8 Å². The highest BCUT2D eigenvalue weighted by atomic mass is 32.2.